The van der Waals surface area contributed by atoms with Gasteiger partial charge in [0.25, 0.3) is 0 Å². The third-order valence-electron chi connectivity index (χ3n) is 5.10. The Labute approximate surface area is 143 Å². The van der Waals surface area contributed by atoms with E-state index in [1.54, 1.807) is 0 Å². The van der Waals surface area contributed by atoms with Crippen LogP contribution in [-0.2, 0) is 12.0 Å². The second kappa shape index (κ2) is 6.19. The Morgan fingerprint density at radius 1 is 1.46 bits per heavy atom. The zero-order valence-electron chi connectivity index (χ0n) is 14.9. The van der Waals surface area contributed by atoms with Gasteiger partial charge in [-0.15, -0.1) is 0 Å². The minimum Gasteiger partial charge on any atom is -0.374 e. The Bertz CT molecular complexity index is 735. The number of allylic oxidation sites excluding steroid dienone is 2. The van der Waals surface area contributed by atoms with Gasteiger partial charge in [0.1, 0.15) is 6.23 Å². The normalized spacial score (nSPS) is 25.5. The van der Waals surface area contributed by atoms with Crippen LogP contribution < -0.4 is 0 Å². The first-order valence-corrected chi connectivity index (χ1v) is 8.57. The summed E-state index contributed by atoms with van der Waals surface area (Å²) < 4.78 is 0. The number of aliphatic hydroxyl groups is 1. The fourth-order valence-corrected chi connectivity index (χ4v) is 4.09. The molecule has 5 heteroatoms. The van der Waals surface area contributed by atoms with Gasteiger partial charge in [-0.1, -0.05) is 32.4 Å². The van der Waals surface area contributed by atoms with Crippen molar-refractivity contribution in [3.05, 3.63) is 40.2 Å². The molecular weight excluding hydrogens is 300 g/mol. The summed E-state index contributed by atoms with van der Waals surface area (Å²) in [4.78, 5) is 2.05. The van der Waals surface area contributed by atoms with E-state index in [9.17, 15) is 10.4 Å². The number of hydrogen-bond donors (Lipinski definition) is 2. The molecule has 5 nitrogen and oxygen atoms in total. The van der Waals surface area contributed by atoms with Crippen LogP contribution in [0.5, 0.6) is 0 Å². The van der Waals surface area contributed by atoms with Crippen LogP contribution in [0.3, 0.4) is 0 Å². The molecule has 2 aliphatic rings. The molecule has 1 aliphatic heterocycles. The molecule has 24 heavy (non-hydrogen) atoms. The van der Waals surface area contributed by atoms with Gasteiger partial charge in [-0.2, -0.15) is 10.4 Å². The highest BCUT2D eigenvalue weighted by Gasteiger charge is 2.37. The molecule has 0 amide bonds. The third-order valence-corrected chi connectivity index (χ3v) is 5.10. The van der Waals surface area contributed by atoms with E-state index in [2.05, 4.69) is 44.0 Å². The molecule has 0 saturated heterocycles. The Hall–Kier alpha value is -1.90. The Morgan fingerprint density at radius 3 is 2.92 bits per heavy atom. The van der Waals surface area contributed by atoms with E-state index in [1.165, 1.54) is 5.57 Å². The quantitative estimate of drug-likeness (QED) is 0.876. The lowest BCUT2D eigenvalue weighted by Crippen LogP contribution is -2.47. The number of nitrogens with zero attached hydrogens (tertiary/aromatic N) is 3. The van der Waals surface area contributed by atoms with Gasteiger partial charge < -0.3 is 5.11 Å². The SMILES string of the molecule is CC1=CC(C(O)N2Cc3cn[nH]c3C(C)(C)C2)=C(C#N)CC(C)C1. The number of aromatic nitrogens is 2. The molecule has 0 bridgehead atoms. The van der Waals surface area contributed by atoms with E-state index < -0.39 is 6.23 Å². The fourth-order valence-electron chi connectivity index (χ4n) is 4.09. The minimum absolute atomic E-state index is 0.116. The van der Waals surface area contributed by atoms with Gasteiger partial charge >= 0.3 is 0 Å². The van der Waals surface area contributed by atoms with E-state index in [0.717, 1.165) is 29.7 Å². The number of rotatable bonds is 2. The molecule has 1 aliphatic carbocycles. The van der Waals surface area contributed by atoms with Crippen molar-refractivity contribution in [3.8, 4) is 6.07 Å². The highest BCUT2D eigenvalue weighted by Crippen LogP contribution is 2.35. The van der Waals surface area contributed by atoms with Gasteiger partial charge in [-0.05, 0) is 25.7 Å². The maximum Gasteiger partial charge on any atom is 0.134 e. The van der Waals surface area contributed by atoms with Crippen molar-refractivity contribution in [3.63, 3.8) is 0 Å². The van der Waals surface area contributed by atoms with Crippen molar-refractivity contribution in [2.24, 2.45) is 5.92 Å². The van der Waals surface area contributed by atoms with Crippen molar-refractivity contribution >= 4 is 0 Å². The Balaban J connectivity index is 1.95. The van der Waals surface area contributed by atoms with Crippen molar-refractivity contribution in [1.29, 1.82) is 5.26 Å². The minimum atomic E-state index is -0.762. The van der Waals surface area contributed by atoms with Crippen molar-refractivity contribution in [2.45, 2.75) is 58.7 Å². The summed E-state index contributed by atoms with van der Waals surface area (Å²) in [5.74, 6) is 0.430. The lowest BCUT2D eigenvalue weighted by molar-refractivity contribution is 0.00720. The lowest BCUT2D eigenvalue weighted by Gasteiger charge is -2.40. The maximum absolute atomic E-state index is 11.1. The second-order valence-electron chi connectivity index (χ2n) is 7.98. The van der Waals surface area contributed by atoms with E-state index in [0.29, 0.717) is 24.6 Å². The first-order chi connectivity index (χ1) is 11.3. The molecule has 2 N–H and O–H groups in total. The standard InChI is InChI=1S/C19H26N4O/c1-12-5-13(2)7-16(14(6-12)8-20)18(24)23-10-15-9-21-22-17(15)19(3,4)11-23/h7,9,12,18,24H,5-6,10-11H2,1-4H3,(H,21,22). The van der Waals surface area contributed by atoms with Crippen LogP contribution in [0.1, 0.15) is 51.8 Å². The topological polar surface area (TPSA) is 75.9 Å². The van der Waals surface area contributed by atoms with Gasteiger partial charge in [0.15, 0.2) is 0 Å². The average Bonchev–Trinajstić information content (AvgIpc) is 2.93. The van der Waals surface area contributed by atoms with E-state index in [4.69, 9.17) is 0 Å². The molecule has 0 saturated carbocycles. The van der Waals surface area contributed by atoms with Gasteiger partial charge in [0.05, 0.1) is 12.3 Å². The van der Waals surface area contributed by atoms with E-state index in [-0.39, 0.29) is 5.41 Å². The number of H-pyrrole nitrogens is 1. The Morgan fingerprint density at radius 2 is 2.21 bits per heavy atom. The molecule has 3 rings (SSSR count). The van der Waals surface area contributed by atoms with Crippen LogP contribution in [0.25, 0.3) is 0 Å². The van der Waals surface area contributed by atoms with Gasteiger partial charge in [0.2, 0.25) is 0 Å². The molecule has 1 aromatic heterocycles. The summed E-state index contributed by atoms with van der Waals surface area (Å²) in [6, 6.07) is 2.33. The number of aliphatic hydroxyl groups excluding tert-OH is 1. The zero-order valence-corrected chi connectivity index (χ0v) is 14.9. The number of fused-ring (bicyclic) bond motifs is 1. The maximum atomic E-state index is 11.1. The van der Waals surface area contributed by atoms with Gasteiger partial charge in [-0.25, -0.2) is 0 Å². The largest absolute Gasteiger partial charge is 0.374 e. The summed E-state index contributed by atoms with van der Waals surface area (Å²) in [6.45, 7) is 9.90. The van der Waals surface area contributed by atoms with Crippen molar-refractivity contribution < 1.29 is 5.11 Å². The van der Waals surface area contributed by atoms with Crippen LogP contribution in [-0.4, -0.2) is 33.0 Å². The number of nitrogens with one attached hydrogen (secondary N) is 1. The summed E-state index contributed by atoms with van der Waals surface area (Å²) in [7, 11) is 0. The fraction of sp³-hybridized carbons (Fsp3) is 0.579. The molecule has 2 heterocycles. The van der Waals surface area contributed by atoms with Crippen LogP contribution in [0.4, 0.5) is 0 Å². The smallest absolute Gasteiger partial charge is 0.134 e. The van der Waals surface area contributed by atoms with E-state index in [1.807, 2.05) is 17.2 Å². The number of nitriles is 1. The number of hydrogen-bond acceptors (Lipinski definition) is 4. The monoisotopic (exact) mass is 326 g/mol. The lowest BCUT2D eigenvalue weighted by atomic mass is 9.83. The molecule has 0 radical (unpaired) electrons. The highest BCUT2D eigenvalue weighted by atomic mass is 16.3. The van der Waals surface area contributed by atoms with E-state index >= 15 is 0 Å². The molecule has 1 aromatic rings. The summed E-state index contributed by atoms with van der Waals surface area (Å²) in [5, 5.41) is 27.9. The molecule has 0 fully saturated rings. The highest BCUT2D eigenvalue weighted by molar-refractivity contribution is 5.41. The molecular formula is C19H26N4O. The number of aromatic amines is 1. The third kappa shape index (κ3) is 3.04. The van der Waals surface area contributed by atoms with Gasteiger partial charge in [-0.3, -0.25) is 10.00 Å². The zero-order chi connectivity index (χ0) is 17.5. The van der Waals surface area contributed by atoms with Crippen molar-refractivity contribution in [2.75, 3.05) is 6.54 Å². The summed E-state index contributed by atoms with van der Waals surface area (Å²) in [5.41, 5.74) is 4.84. The predicted octanol–water partition coefficient (Wildman–Crippen LogP) is 3.02. The molecule has 2 atom stereocenters. The molecule has 0 aromatic carbocycles. The van der Waals surface area contributed by atoms with Crippen LogP contribution in [0.15, 0.2) is 29.0 Å². The van der Waals surface area contributed by atoms with Gasteiger partial charge in [0, 0.05) is 40.9 Å². The Kier molecular flexibility index (Phi) is 4.37. The van der Waals surface area contributed by atoms with Crippen LogP contribution in [0, 0.1) is 17.2 Å². The molecule has 0 spiro atoms. The van der Waals surface area contributed by atoms with Crippen LogP contribution in [0.2, 0.25) is 0 Å². The van der Waals surface area contributed by atoms with Crippen molar-refractivity contribution in [1.82, 2.24) is 15.1 Å². The molecule has 128 valence electrons. The molecule has 2 unspecified atom stereocenters. The van der Waals surface area contributed by atoms with Crippen LogP contribution >= 0.6 is 0 Å². The predicted molar refractivity (Wildman–Crippen MR) is 92.8 cm³/mol. The first-order valence-electron chi connectivity index (χ1n) is 8.57. The summed E-state index contributed by atoms with van der Waals surface area (Å²) >= 11 is 0. The summed E-state index contributed by atoms with van der Waals surface area (Å²) in [6.07, 6.45) is 4.79. The second-order valence-corrected chi connectivity index (χ2v) is 7.98. The average molecular weight is 326 g/mol. The first kappa shape index (κ1) is 16.9.